The second-order valence-corrected chi connectivity index (χ2v) is 4.56. The van der Waals surface area contributed by atoms with E-state index < -0.39 is 0 Å². The van der Waals surface area contributed by atoms with Crippen molar-refractivity contribution in [2.75, 3.05) is 0 Å². The van der Waals surface area contributed by atoms with Crippen LogP contribution in [0.4, 0.5) is 4.39 Å². The summed E-state index contributed by atoms with van der Waals surface area (Å²) in [5.41, 5.74) is 7.02. The van der Waals surface area contributed by atoms with Gasteiger partial charge in [-0.1, -0.05) is 6.07 Å². The van der Waals surface area contributed by atoms with E-state index in [9.17, 15) is 4.39 Å². The van der Waals surface area contributed by atoms with Gasteiger partial charge < -0.3 is 10.3 Å². The molecule has 0 fully saturated rings. The highest BCUT2D eigenvalue weighted by Gasteiger charge is 2.10. The number of benzene rings is 1. The van der Waals surface area contributed by atoms with Crippen LogP contribution in [0, 0.1) is 5.82 Å². The number of hydrogen-bond acceptors (Lipinski definition) is 2. The van der Waals surface area contributed by atoms with Crippen molar-refractivity contribution in [2.24, 2.45) is 12.8 Å². The van der Waals surface area contributed by atoms with Gasteiger partial charge >= 0.3 is 0 Å². The lowest BCUT2D eigenvalue weighted by molar-refractivity contribution is 0.606. The second kappa shape index (κ2) is 4.84. The minimum atomic E-state index is -0.253. The van der Waals surface area contributed by atoms with Crippen LogP contribution in [0.5, 0.6) is 0 Å². The van der Waals surface area contributed by atoms with Crippen molar-refractivity contribution < 1.29 is 4.39 Å². The van der Waals surface area contributed by atoms with Gasteiger partial charge in [0.1, 0.15) is 11.3 Å². The minimum Gasteiger partial charge on any atom is -0.331 e. The number of fused-ring (bicyclic) bond motifs is 1. The van der Waals surface area contributed by atoms with Crippen LogP contribution in [-0.2, 0) is 13.5 Å². The molecule has 0 aliphatic carbocycles. The molecule has 92 valence electrons. The first kappa shape index (κ1) is 12.0. The predicted octanol–water partition coefficient (Wildman–Crippen LogP) is 2.38. The number of imidazole rings is 1. The van der Waals surface area contributed by atoms with Gasteiger partial charge in [0, 0.05) is 19.5 Å². The molecule has 17 heavy (non-hydrogen) atoms. The fraction of sp³-hybridized carbons (Fsp3) is 0.462. The van der Waals surface area contributed by atoms with Gasteiger partial charge in [-0.15, -0.1) is 0 Å². The molecule has 2 aromatic rings. The van der Waals surface area contributed by atoms with Crippen molar-refractivity contribution in [3.05, 3.63) is 29.8 Å². The number of rotatable bonds is 4. The molecule has 1 atom stereocenters. The van der Waals surface area contributed by atoms with Gasteiger partial charge in [-0.3, -0.25) is 0 Å². The zero-order valence-corrected chi connectivity index (χ0v) is 10.3. The summed E-state index contributed by atoms with van der Waals surface area (Å²) in [7, 11) is 1.93. The van der Waals surface area contributed by atoms with Crippen molar-refractivity contribution >= 4 is 11.0 Å². The van der Waals surface area contributed by atoms with E-state index >= 15 is 0 Å². The Morgan fingerprint density at radius 2 is 2.24 bits per heavy atom. The normalized spacial score (nSPS) is 13.2. The van der Waals surface area contributed by atoms with Crippen LogP contribution in [0.3, 0.4) is 0 Å². The van der Waals surface area contributed by atoms with E-state index in [1.807, 2.05) is 24.6 Å². The summed E-state index contributed by atoms with van der Waals surface area (Å²) < 4.78 is 15.5. The summed E-state index contributed by atoms with van der Waals surface area (Å²) in [5.74, 6) is 0.669. The van der Waals surface area contributed by atoms with Crippen LogP contribution in [0.15, 0.2) is 18.2 Å². The van der Waals surface area contributed by atoms with E-state index in [1.165, 1.54) is 6.07 Å². The molecule has 0 radical (unpaired) electrons. The van der Waals surface area contributed by atoms with E-state index in [1.54, 1.807) is 6.07 Å². The molecule has 3 nitrogen and oxygen atoms in total. The zero-order chi connectivity index (χ0) is 12.4. The highest BCUT2D eigenvalue weighted by atomic mass is 19.1. The predicted molar refractivity (Wildman–Crippen MR) is 67.3 cm³/mol. The lowest BCUT2D eigenvalue weighted by Crippen LogP contribution is -2.14. The standard InChI is InChI=1S/C13H18FN3/c1-9(15)5-3-8-12-16-13-10(14)6-4-7-11(13)17(12)2/h4,6-7,9H,3,5,8,15H2,1-2H3. The van der Waals surface area contributed by atoms with Crippen LogP contribution in [0.1, 0.15) is 25.6 Å². The maximum Gasteiger partial charge on any atom is 0.151 e. The molecule has 1 aromatic heterocycles. The quantitative estimate of drug-likeness (QED) is 0.884. The summed E-state index contributed by atoms with van der Waals surface area (Å²) in [6.07, 6.45) is 2.79. The Morgan fingerprint density at radius 1 is 1.47 bits per heavy atom. The molecule has 1 aromatic carbocycles. The van der Waals surface area contributed by atoms with Gasteiger partial charge in [0.05, 0.1) is 5.52 Å². The van der Waals surface area contributed by atoms with E-state index in [0.29, 0.717) is 5.52 Å². The summed E-state index contributed by atoms with van der Waals surface area (Å²) >= 11 is 0. The molecule has 2 N–H and O–H groups in total. The molecular formula is C13H18FN3. The third-order valence-corrected chi connectivity index (χ3v) is 3.01. The van der Waals surface area contributed by atoms with E-state index in [-0.39, 0.29) is 11.9 Å². The molecular weight excluding hydrogens is 217 g/mol. The monoisotopic (exact) mass is 235 g/mol. The van der Waals surface area contributed by atoms with Gasteiger partial charge in [-0.2, -0.15) is 0 Å². The van der Waals surface area contributed by atoms with E-state index in [4.69, 9.17) is 5.73 Å². The van der Waals surface area contributed by atoms with Crippen molar-refractivity contribution in [1.82, 2.24) is 9.55 Å². The van der Waals surface area contributed by atoms with E-state index in [0.717, 1.165) is 30.6 Å². The zero-order valence-electron chi connectivity index (χ0n) is 10.3. The molecule has 0 bridgehead atoms. The van der Waals surface area contributed by atoms with Gasteiger partial charge in [-0.05, 0) is 31.9 Å². The number of halogens is 1. The number of para-hydroxylation sites is 1. The first-order chi connectivity index (χ1) is 8.09. The topological polar surface area (TPSA) is 43.8 Å². The average molecular weight is 235 g/mol. The molecule has 0 saturated heterocycles. The number of nitrogens with two attached hydrogens (primary N) is 1. The van der Waals surface area contributed by atoms with Crippen LogP contribution in [0.2, 0.25) is 0 Å². The van der Waals surface area contributed by atoms with Gasteiger partial charge in [-0.25, -0.2) is 9.37 Å². The molecule has 1 unspecified atom stereocenters. The third-order valence-electron chi connectivity index (χ3n) is 3.01. The molecule has 0 amide bonds. The summed E-state index contributed by atoms with van der Waals surface area (Å²) in [6, 6.07) is 5.26. The molecule has 0 saturated carbocycles. The highest BCUT2D eigenvalue weighted by molar-refractivity contribution is 5.76. The summed E-state index contributed by atoms with van der Waals surface area (Å²) in [4.78, 5) is 4.36. The second-order valence-electron chi connectivity index (χ2n) is 4.56. The van der Waals surface area contributed by atoms with Crippen molar-refractivity contribution in [3.8, 4) is 0 Å². The van der Waals surface area contributed by atoms with E-state index in [2.05, 4.69) is 4.98 Å². The highest BCUT2D eigenvalue weighted by Crippen LogP contribution is 2.18. The maximum absolute atomic E-state index is 13.5. The van der Waals surface area contributed by atoms with Gasteiger partial charge in [0.2, 0.25) is 0 Å². The lowest BCUT2D eigenvalue weighted by Gasteiger charge is -2.04. The minimum absolute atomic E-state index is 0.210. The number of nitrogens with zero attached hydrogens (tertiary/aromatic N) is 2. The number of aromatic nitrogens is 2. The molecule has 0 aliphatic heterocycles. The molecule has 0 aliphatic rings. The largest absolute Gasteiger partial charge is 0.331 e. The van der Waals surface area contributed by atoms with Crippen LogP contribution < -0.4 is 5.73 Å². The molecule has 0 spiro atoms. The van der Waals surface area contributed by atoms with Crippen molar-refractivity contribution in [1.29, 1.82) is 0 Å². The lowest BCUT2D eigenvalue weighted by atomic mass is 10.1. The third kappa shape index (κ3) is 2.47. The first-order valence-corrected chi connectivity index (χ1v) is 5.95. The summed E-state index contributed by atoms with van der Waals surface area (Å²) in [6.45, 7) is 1.99. The fourth-order valence-electron chi connectivity index (χ4n) is 2.03. The molecule has 4 heteroatoms. The molecule has 1 heterocycles. The Kier molecular flexibility index (Phi) is 3.43. The summed E-state index contributed by atoms with van der Waals surface area (Å²) in [5, 5.41) is 0. The molecule has 2 rings (SSSR count). The Hall–Kier alpha value is -1.42. The fourth-order valence-corrected chi connectivity index (χ4v) is 2.03. The maximum atomic E-state index is 13.5. The number of aryl methyl sites for hydroxylation is 2. The Labute approximate surface area is 100 Å². The Balaban J connectivity index is 2.23. The van der Waals surface area contributed by atoms with Crippen LogP contribution in [0.25, 0.3) is 11.0 Å². The average Bonchev–Trinajstić information content (AvgIpc) is 2.58. The SMILES string of the molecule is CC(N)CCCc1nc2c(F)cccc2n1C. The number of hydrogen-bond donors (Lipinski definition) is 1. The van der Waals surface area contributed by atoms with Crippen molar-refractivity contribution in [2.45, 2.75) is 32.2 Å². The van der Waals surface area contributed by atoms with Crippen LogP contribution in [-0.4, -0.2) is 15.6 Å². The Bertz CT molecular complexity index is 517. The van der Waals surface area contributed by atoms with Gasteiger partial charge in [0.15, 0.2) is 5.82 Å². The first-order valence-electron chi connectivity index (χ1n) is 5.95. The smallest absolute Gasteiger partial charge is 0.151 e. The van der Waals surface area contributed by atoms with Gasteiger partial charge in [0.25, 0.3) is 0 Å². The van der Waals surface area contributed by atoms with Crippen molar-refractivity contribution in [3.63, 3.8) is 0 Å². The Morgan fingerprint density at radius 3 is 2.88 bits per heavy atom. The van der Waals surface area contributed by atoms with Crippen LogP contribution >= 0.6 is 0 Å².